The van der Waals surface area contributed by atoms with E-state index < -0.39 is 0 Å². The lowest BCUT2D eigenvalue weighted by atomic mass is 9.88. The summed E-state index contributed by atoms with van der Waals surface area (Å²) < 4.78 is 1.07. The van der Waals surface area contributed by atoms with Crippen molar-refractivity contribution in [2.24, 2.45) is 5.92 Å². The highest BCUT2D eigenvalue weighted by atomic mass is 79.9. The first-order valence-corrected chi connectivity index (χ1v) is 7.07. The third-order valence-electron chi connectivity index (χ3n) is 3.36. The van der Waals surface area contributed by atoms with Crippen LogP contribution in [-0.2, 0) is 11.3 Å². The molecule has 0 spiro atoms. The molecule has 1 saturated carbocycles. The molecule has 0 saturated heterocycles. The second-order valence-electron chi connectivity index (χ2n) is 4.68. The van der Waals surface area contributed by atoms with E-state index >= 15 is 0 Å². The van der Waals surface area contributed by atoms with Crippen molar-refractivity contribution < 1.29 is 4.79 Å². The number of benzene rings is 1. The van der Waals surface area contributed by atoms with Gasteiger partial charge in [-0.15, -0.1) is 0 Å². The molecule has 0 atom stereocenters. The van der Waals surface area contributed by atoms with Gasteiger partial charge in [-0.3, -0.25) is 4.79 Å². The van der Waals surface area contributed by atoms with Crippen molar-refractivity contribution in [2.75, 3.05) is 0 Å². The molecule has 1 amide bonds. The van der Waals surface area contributed by atoms with Crippen molar-refractivity contribution >= 4 is 21.8 Å². The Kier molecular flexibility index (Phi) is 4.60. The number of carbonyl (C=O) groups is 1. The monoisotopic (exact) mass is 295 g/mol. The third-order valence-corrected chi connectivity index (χ3v) is 3.88. The largest absolute Gasteiger partial charge is 0.352 e. The molecule has 0 heterocycles. The van der Waals surface area contributed by atoms with Gasteiger partial charge < -0.3 is 5.32 Å². The Labute approximate surface area is 111 Å². The maximum Gasteiger partial charge on any atom is 0.223 e. The van der Waals surface area contributed by atoms with Gasteiger partial charge in [-0.05, 0) is 30.5 Å². The Hall–Kier alpha value is -0.830. The number of hydrogen-bond donors (Lipinski definition) is 1. The fourth-order valence-corrected chi connectivity index (χ4v) is 2.56. The van der Waals surface area contributed by atoms with Gasteiger partial charge in [0.15, 0.2) is 0 Å². The van der Waals surface area contributed by atoms with Crippen LogP contribution in [-0.4, -0.2) is 5.91 Å². The van der Waals surface area contributed by atoms with Crippen molar-refractivity contribution in [3.05, 3.63) is 34.3 Å². The Morgan fingerprint density at radius 1 is 1.18 bits per heavy atom. The standard InChI is InChI=1S/C14H18BrNO/c15-13-8-6-11(7-9-13)10-16-14(17)12-4-2-1-3-5-12/h6-9,12H,1-5,10H2,(H,16,17). The maximum atomic E-state index is 11.9. The summed E-state index contributed by atoms with van der Waals surface area (Å²) in [6.45, 7) is 0.641. The van der Waals surface area contributed by atoms with E-state index in [1.54, 1.807) is 0 Å². The van der Waals surface area contributed by atoms with Gasteiger partial charge in [0, 0.05) is 16.9 Å². The second-order valence-corrected chi connectivity index (χ2v) is 5.59. The van der Waals surface area contributed by atoms with Crippen LogP contribution in [0.5, 0.6) is 0 Å². The Morgan fingerprint density at radius 2 is 1.82 bits per heavy atom. The maximum absolute atomic E-state index is 11.9. The fourth-order valence-electron chi connectivity index (χ4n) is 2.30. The van der Waals surface area contributed by atoms with Crippen LogP contribution in [0.2, 0.25) is 0 Å². The molecule has 17 heavy (non-hydrogen) atoms. The first-order chi connectivity index (χ1) is 8.25. The molecular weight excluding hydrogens is 278 g/mol. The molecule has 0 aromatic heterocycles. The minimum atomic E-state index is 0.229. The summed E-state index contributed by atoms with van der Waals surface area (Å²) in [5.74, 6) is 0.479. The van der Waals surface area contributed by atoms with E-state index in [-0.39, 0.29) is 11.8 Å². The molecule has 1 aliphatic carbocycles. The molecule has 1 aromatic carbocycles. The normalized spacial score (nSPS) is 16.8. The highest BCUT2D eigenvalue weighted by Gasteiger charge is 2.20. The van der Waals surface area contributed by atoms with Gasteiger partial charge in [0.2, 0.25) is 5.91 Å². The molecule has 1 aromatic rings. The fraction of sp³-hybridized carbons (Fsp3) is 0.500. The summed E-state index contributed by atoms with van der Waals surface area (Å²) in [6, 6.07) is 8.07. The average Bonchev–Trinajstić information content (AvgIpc) is 2.39. The van der Waals surface area contributed by atoms with Crippen LogP contribution in [0.1, 0.15) is 37.7 Å². The summed E-state index contributed by atoms with van der Waals surface area (Å²) in [7, 11) is 0. The van der Waals surface area contributed by atoms with Crippen molar-refractivity contribution in [2.45, 2.75) is 38.6 Å². The molecule has 92 valence electrons. The summed E-state index contributed by atoms with van der Waals surface area (Å²) >= 11 is 3.40. The van der Waals surface area contributed by atoms with E-state index in [1.165, 1.54) is 19.3 Å². The topological polar surface area (TPSA) is 29.1 Å². The molecule has 1 aliphatic rings. The average molecular weight is 296 g/mol. The van der Waals surface area contributed by atoms with Crippen molar-refractivity contribution in [3.8, 4) is 0 Å². The van der Waals surface area contributed by atoms with Gasteiger partial charge in [0.05, 0.1) is 0 Å². The van der Waals surface area contributed by atoms with E-state index in [0.717, 1.165) is 22.9 Å². The molecule has 3 heteroatoms. The molecule has 0 aliphatic heterocycles. The van der Waals surface area contributed by atoms with E-state index in [9.17, 15) is 4.79 Å². The Morgan fingerprint density at radius 3 is 2.47 bits per heavy atom. The van der Waals surface area contributed by atoms with Gasteiger partial charge in [-0.1, -0.05) is 47.3 Å². The highest BCUT2D eigenvalue weighted by molar-refractivity contribution is 9.10. The van der Waals surface area contributed by atoms with Crippen LogP contribution in [0, 0.1) is 5.92 Å². The quantitative estimate of drug-likeness (QED) is 0.906. The summed E-state index contributed by atoms with van der Waals surface area (Å²) in [5, 5.41) is 3.03. The van der Waals surface area contributed by atoms with Crippen molar-refractivity contribution in [3.63, 3.8) is 0 Å². The van der Waals surface area contributed by atoms with Crippen molar-refractivity contribution in [1.29, 1.82) is 0 Å². The van der Waals surface area contributed by atoms with Crippen LogP contribution in [0.3, 0.4) is 0 Å². The lowest BCUT2D eigenvalue weighted by Gasteiger charge is -2.20. The molecule has 0 unspecified atom stereocenters. The smallest absolute Gasteiger partial charge is 0.223 e. The van der Waals surface area contributed by atoms with E-state index in [1.807, 2.05) is 24.3 Å². The molecule has 1 N–H and O–H groups in total. The molecular formula is C14H18BrNO. The number of nitrogens with one attached hydrogen (secondary N) is 1. The zero-order valence-corrected chi connectivity index (χ0v) is 11.5. The predicted molar refractivity (Wildman–Crippen MR) is 72.6 cm³/mol. The summed E-state index contributed by atoms with van der Waals surface area (Å²) in [4.78, 5) is 11.9. The van der Waals surface area contributed by atoms with Crippen LogP contribution in [0.25, 0.3) is 0 Å². The zero-order valence-electron chi connectivity index (χ0n) is 9.92. The number of carbonyl (C=O) groups excluding carboxylic acids is 1. The summed E-state index contributed by atoms with van der Waals surface area (Å²) in [6.07, 6.45) is 5.82. The predicted octanol–water partition coefficient (Wildman–Crippen LogP) is 3.65. The van der Waals surface area contributed by atoms with Crippen molar-refractivity contribution in [1.82, 2.24) is 5.32 Å². The van der Waals surface area contributed by atoms with E-state index in [4.69, 9.17) is 0 Å². The van der Waals surface area contributed by atoms with Gasteiger partial charge in [-0.25, -0.2) is 0 Å². The Balaban J connectivity index is 1.81. The minimum absolute atomic E-state index is 0.229. The molecule has 0 bridgehead atoms. The lowest BCUT2D eigenvalue weighted by molar-refractivity contribution is -0.126. The second kappa shape index (κ2) is 6.20. The number of amides is 1. The highest BCUT2D eigenvalue weighted by Crippen LogP contribution is 2.23. The van der Waals surface area contributed by atoms with Gasteiger partial charge >= 0.3 is 0 Å². The SMILES string of the molecule is O=C(NCc1ccc(Br)cc1)C1CCCCC1. The van der Waals surface area contributed by atoms with Crippen LogP contribution >= 0.6 is 15.9 Å². The minimum Gasteiger partial charge on any atom is -0.352 e. The van der Waals surface area contributed by atoms with Gasteiger partial charge in [0.25, 0.3) is 0 Å². The van der Waals surface area contributed by atoms with Crippen LogP contribution in [0.4, 0.5) is 0 Å². The third kappa shape index (κ3) is 3.84. The molecule has 1 fully saturated rings. The van der Waals surface area contributed by atoms with E-state index in [2.05, 4.69) is 21.2 Å². The van der Waals surface area contributed by atoms with E-state index in [0.29, 0.717) is 6.54 Å². The van der Waals surface area contributed by atoms with Gasteiger partial charge in [-0.2, -0.15) is 0 Å². The lowest BCUT2D eigenvalue weighted by Crippen LogP contribution is -2.31. The van der Waals surface area contributed by atoms with Gasteiger partial charge in [0.1, 0.15) is 0 Å². The molecule has 0 radical (unpaired) electrons. The van der Waals surface area contributed by atoms with Crippen LogP contribution in [0.15, 0.2) is 28.7 Å². The Bertz CT molecular complexity index is 368. The molecule has 2 nitrogen and oxygen atoms in total. The summed E-state index contributed by atoms with van der Waals surface area (Å²) in [5.41, 5.74) is 1.15. The molecule has 2 rings (SSSR count). The first kappa shape index (κ1) is 12.6. The number of rotatable bonds is 3. The number of hydrogen-bond acceptors (Lipinski definition) is 1. The van der Waals surface area contributed by atoms with Crippen LogP contribution < -0.4 is 5.32 Å². The first-order valence-electron chi connectivity index (χ1n) is 6.28. The zero-order chi connectivity index (χ0) is 12.1. The number of halogens is 1.